The van der Waals surface area contributed by atoms with Crippen LogP contribution in [0.3, 0.4) is 0 Å². The Morgan fingerprint density at radius 2 is 0.968 bits per heavy atom. The molecule has 2 unspecified atom stereocenters. The molecule has 6 aromatic rings. The molecule has 2 saturated heterocycles. The highest BCUT2D eigenvalue weighted by atomic mass is 19.4. The molecule has 8 heterocycles. The number of carboxylic acids is 2. The monoisotopic (exact) mass is 1720 g/mol. The van der Waals surface area contributed by atoms with Crippen LogP contribution in [0.2, 0.25) is 0 Å². The first-order valence-electron chi connectivity index (χ1n) is 40.5. The number of Topliss-reactive ketones (excluding diaryl/α,β-unsaturated/α-hetero) is 1. The van der Waals surface area contributed by atoms with E-state index in [-0.39, 0.29) is 113 Å². The van der Waals surface area contributed by atoms with E-state index < -0.39 is 90.0 Å². The number of hydrogen-bond donors (Lipinski definition) is 9. The third-order valence-corrected chi connectivity index (χ3v) is 22.2. The van der Waals surface area contributed by atoms with Gasteiger partial charge in [0, 0.05) is 64.1 Å². The predicted octanol–water partition coefficient (Wildman–Crippen LogP) is 7.89. The van der Waals surface area contributed by atoms with Crippen molar-refractivity contribution in [1.82, 2.24) is 41.0 Å². The number of aliphatic carboxylic acids is 1. The average Bonchev–Trinajstić information content (AvgIpc) is 1.23. The fourth-order valence-electron chi connectivity index (χ4n) is 15.9. The van der Waals surface area contributed by atoms with Crippen LogP contribution in [-0.2, 0) is 43.2 Å². The van der Waals surface area contributed by atoms with Gasteiger partial charge in [0.15, 0.2) is 24.0 Å². The van der Waals surface area contributed by atoms with Gasteiger partial charge in [-0.3, -0.25) is 82.8 Å². The summed E-state index contributed by atoms with van der Waals surface area (Å²) in [6.45, 7) is 4.49. The second kappa shape index (κ2) is 40.4. The number of unbranched alkanes of at least 4 members (excludes halogenated alkanes) is 3. The van der Waals surface area contributed by atoms with Crippen LogP contribution in [0, 0.1) is 0 Å². The van der Waals surface area contributed by atoms with Gasteiger partial charge in [-0.2, -0.15) is 13.2 Å². The maximum atomic E-state index is 13.2. The summed E-state index contributed by atoms with van der Waals surface area (Å²) in [6.07, 6.45) is 7.73. The van der Waals surface area contributed by atoms with Crippen LogP contribution in [0.25, 0.3) is 0 Å². The van der Waals surface area contributed by atoms with Crippen LogP contribution in [-0.4, -0.2) is 222 Å². The van der Waals surface area contributed by atoms with E-state index in [0.29, 0.717) is 91.4 Å². The molecule has 39 heteroatoms. The number of carbonyl (C=O) groups is 15. The number of imide groups is 4. The summed E-state index contributed by atoms with van der Waals surface area (Å²) in [6, 6.07) is 24.0. The first-order valence-corrected chi connectivity index (χ1v) is 40.5. The van der Waals surface area contributed by atoms with E-state index in [1.54, 1.807) is 54.2 Å². The van der Waals surface area contributed by atoms with E-state index >= 15 is 0 Å². The van der Waals surface area contributed by atoms with Gasteiger partial charge >= 0.3 is 18.1 Å². The molecule has 12 amide bonds. The van der Waals surface area contributed by atoms with E-state index in [0.717, 1.165) is 97.0 Å². The van der Waals surface area contributed by atoms with Gasteiger partial charge in [-0.15, -0.1) is 0 Å². The molecule has 36 nitrogen and oxygen atoms in total. The van der Waals surface area contributed by atoms with Crippen molar-refractivity contribution in [3.05, 3.63) is 130 Å². The lowest BCUT2D eigenvalue weighted by atomic mass is 10.0. The Morgan fingerprint density at radius 1 is 0.532 bits per heavy atom. The number of pyridine rings is 2. The van der Waals surface area contributed by atoms with Crippen LogP contribution in [0.1, 0.15) is 192 Å². The van der Waals surface area contributed by atoms with Crippen LogP contribution in [0.5, 0.6) is 23.0 Å². The summed E-state index contributed by atoms with van der Waals surface area (Å²) >= 11 is 0. The maximum Gasteiger partial charge on any atom is 0.490 e. The zero-order valence-electron chi connectivity index (χ0n) is 68.9. The van der Waals surface area contributed by atoms with Crippen molar-refractivity contribution in [2.24, 2.45) is 5.73 Å². The number of amides is 12. The number of benzene rings is 4. The van der Waals surface area contributed by atoms with Gasteiger partial charge in [-0.1, -0.05) is 44.2 Å². The van der Waals surface area contributed by atoms with Crippen molar-refractivity contribution < 1.29 is 114 Å². The topological polar surface area (TPSA) is 477 Å². The number of carboxylic acid groups (broad SMARTS) is 2. The number of aromatic carboxylic acids is 1. The highest BCUT2D eigenvalue weighted by Crippen LogP contribution is 2.44. The molecule has 10 N–H and O–H groups in total. The van der Waals surface area contributed by atoms with E-state index in [1.807, 2.05) is 38.1 Å². The number of anilines is 8. The maximum absolute atomic E-state index is 13.2. The van der Waals surface area contributed by atoms with Gasteiger partial charge in [0.1, 0.15) is 65.4 Å². The number of ether oxygens (including phenoxy) is 4. The number of aromatic nitrogens is 2. The summed E-state index contributed by atoms with van der Waals surface area (Å²) < 4.78 is 53.9. The lowest BCUT2D eigenvalue weighted by Gasteiger charge is -2.42. The van der Waals surface area contributed by atoms with E-state index in [2.05, 4.69) is 41.7 Å². The third kappa shape index (κ3) is 20.8. The number of nitrogens with zero attached hydrogens (tertiary/aromatic N) is 8. The van der Waals surface area contributed by atoms with Gasteiger partial charge < -0.3 is 75.8 Å². The molecule has 658 valence electrons. The van der Waals surface area contributed by atoms with Crippen LogP contribution >= 0.6 is 0 Å². The Balaban J connectivity index is 0.000000190. The molecule has 4 fully saturated rings. The Hall–Kier alpha value is -13.6. The van der Waals surface area contributed by atoms with E-state index in [1.165, 1.54) is 56.7 Å². The van der Waals surface area contributed by atoms with E-state index in [9.17, 15) is 85.4 Å². The first kappa shape index (κ1) is 91.1. The highest BCUT2D eigenvalue weighted by molar-refractivity contribution is 6.26. The summed E-state index contributed by atoms with van der Waals surface area (Å²) in [4.78, 5) is 202. The average molecular weight is 1720 g/mol. The Bertz CT molecular complexity index is 5170. The molecule has 8 aliphatic rings. The number of piperidine rings is 2. The number of fused-ring (bicyclic) bond motifs is 4. The quantitative estimate of drug-likeness (QED) is 0.0166. The third-order valence-electron chi connectivity index (χ3n) is 22.2. The zero-order valence-corrected chi connectivity index (χ0v) is 68.9. The number of nitrogens with two attached hydrogens (primary N) is 1. The predicted molar refractivity (Wildman–Crippen MR) is 441 cm³/mol. The molecule has 2 aromatic heterocycles. The molecular weight excluding hydrogens is 1620 g/mol. The van der Waals surface area contributed by atoms with Crippen molar-refractivity contribution in [3.8, 4) is 23.0 Å². The number of halogens is 3. The number of rotatable bonds is 28. The second-order valence-electron chi connectivity index (χ2n) is 30.4. The molecule has 6 aliphatic heterocycles. The van der Waals surface area contributed by atoms with E-state index in [4.69, 9.17) is 44.6 Å². The van der Waals surface area contributed by atoms with Gasteiger partial charge in [0.2, 0.25) is 35.4 Å². The molecule has 0 bridgehead atoms. The molecule has 0 radical (unpaired) electrons. The molecule has 2 aliphatic carbocycles. The van der Waals surface area contributed by atoms with Crippen molar-refractivity contribution >= 4 is 135 Å². The standard InChI is InChI=1S/C41H46N8O9.C22H26N4O4.C20H23N3O6.C2HF3O2/c1-23-39(54)47(2)28-15-17-32(45-36(28)48(23)25-9-4-5-10-25)44-27-14-13-24(21-31(27)57-3)37(52)43-20-7-6-19-42-34(51)22-58-30-12-8-11-26-35(30)41(56)49(40(26)55)29-16-18-33(50)46-38(29)53;1-13-21(27)25(2)17-10-11-19(24-20(17)26(13)15-6-4-5-7-15)23-16-9-8-14(22(28)29)12-18(16)30-3;21-10-3-1-2-5-12(24)11-29-15-7-4-6-13-17(15)20(28)23(19(13)27)14-8-9-16(25)22-18(14)26;3-2(4,5)1(6)7/h8,11-15,17,21,23,25,29H,4-7,9-10,16,18-20,22H2,1-3H3,(H,42,51)(H,43,52)(H,44,45)(H,46,50,53);8-13,15H,4-7H2,1-3H3,(H,23,24)(H,28,29);4,6-7,14H,1-3,5,8-11,21H2,(H,22,25,26);(H,6,7)/t23-,29?;13-;;/m11../s1. The molecular formula is C85H96F3N15O21. The Labute approximate surface area is 709 Å². The van der Waals surface area contributed by atoms with Gasteiger partial charge in [-0.25, -0.2) is 19.6 Å². The lowest BCUT2D eigenvalue weighted by Crippen LogP contribution is -2.54. The van der Waals surface area contributed by atoms with Crippen molar-refractivity contribution in [3.63, 3.8) is 0 Å². The zero-order chi connectivity index (χ0) is 89.5. The number of carbonyl (C=O) groups excluding carboxylic acids is 13. The molecule has 0 spiro atoms. The summed E-state index contributed by atoms with van der Waals surface area (Å²) in [5.74, 6) is -5.68. The molecule has 124 heavy (non-hydrogen) atoms. The van der Waals surface area contributed by atoms with Gasteiger partial charge in [-0.05, 0) is 170 Å². The normalized spacial score (nSPS) is 18.6. The Kier molecular flexibility index (Phi) is 29.7. The minimum atomic E-state index is -5.08. The van der Waals surface area contributed by atoms with Crippen molar-refractivity contribution in [1.29, 1.82) is 0 Å². The van der Waals surface area contributed by atoms with Crippen molar-refractivity contribution in [2.75, 3.05) is 91.4 Å². The van der Waals surface area contributed by atoms with Gasteiger partial charge in [0.25, 0.3) is 35.4 Å². The summed E-state index contributed by atoms with van der Waals surface area (Å²) in [5, 5.41) is 32.8. The van der Waals surface area contributed by atoms with Crippen LogP contribution < -0.4 is 76.2 Å². The molecule has 4 aromatic carbocycles. The summed E-state index contributed by atoms with van der Waals surface area (Å²) in [7, 11) is 6.58. The highest BCUT2D eigenvalue weighted by Gasteiger charge is 2.49. The molecule has 4 atom stereocenters. The van der Waals surface area contributed by atoms with Crippen LogP contribution in [0.4, 0.5) is 59.2 Å². The molecule has 14 rings (SSSR count). The number of alkyl halides is 3. The lowest BCUT2D eigenvalue weighted by molar-refractivity contribution is -0.192. The number of ketones is 1. The largest absolute Gasteiger partial charge is 0.495 e. The minimum Gasteiger partial charge on any atom is -0.495 e. The number of likely N-dealkylation sites (N-methyl/N-ethyl adjacent to an activating group) is 2. The number of methoxy groups -OCH3 is 2. The fraction of sp³-hybridized carbons (Fsp3) is 0.424. The number of hydrogen-bond acceptors (Lipinski definition) is 26. The second-order valence-corrected chi connectivity index (χ2v) is 30.4. The molecule has 2 saturated carbocycles. The summed E-state index contributed by atoms with van der Waals surface area (Å²) in [5.41, 5.74) is 8.95. The SMILES string of the molecule is COc1cc(C(=O)NCCCCNC(=O)COc2cccc3c2C(=O)N(C2CCC(=O)NC2=O)C3=O)ccc1Nc1ccc2c(n1)N(C1CCCC1)[C@H](C)C(=O)N2C.COc1cc(C(=O)O)ccc1Nc1ccc2c(n1)N(C1CCCC1)[C@H](C)C(=O)N2C.NCCCCCC(=O)COc1cccc2c1C(=O)N(C1CCC(=O)NC1=O)C2=O.O=C(O)C(F)(F)F. The minimum absolute atomic E-state index is 0.000430. The van der Waals surface area contributed by atoms with Crippen LogP contribution in [0.15, 0.2) is 97.1 Å². The number of nitrogens with one attached hydrogen (secondary N) is 6. The first-order chi connectivity index (χ1) is 59.2. The Morgan fingerprint density at radius 3 is 1.40 bits per heavy atom. The van der Waals surface area contributed by atoms with Crippen molar-refractivity contribution in [2.45, 2.75) is 172 Å². The fourth-order valence-corrected chi connectivity index (χ4v) is 15.9. The smallest absolute Gasteiger partial charge is 0.490 e. The van der Waals surface area contributed by atoms with Gasteiger partial charge in [0.05, 0.1) is 64.8 Å².